The number of benzene rings is 2. The molecule has 0 aliphatic heterocycles. The Morgan fingerprint density at radius 3 is 2.36 bits per heavy atom. The van der Waals surface area contributed by atoms with Crippen LogP contribution in [0.1, 0.15) is 11.1 Å². The molecular formula is C23H21FN4. The van der Waals surface area contributed by atoms with Gasteiger partial charge in [-0.25, -0.2) is 4.39 Å². The van der Waals surface area contributed by atoms with Crippen LogP contribution in [0.25, 0.3) is 33.4 Å². The fourth-order valence-corrected chi connectivity index (χ4v) is 3.33. The first-order valence-corrected chi connectivity index (χ1v) is 9.12. The summed E-state index contributed by atoms with van der Waals surface area (Å²) in [4.78, 5) is 15.6. The van der Waals surface area contributed by atoms with Crippen molar-refractivity contribution in [2.75, 3.05) is 14.1 Å². The Hall–Kier alpha value is -3.18. The molecule has 2 aromatic carbocycles. The summed E-state index contributed by atoms with van der Waals surface area (Å²) in [6, 6.07) is 13.3. The van der Waals surface area contributed by atoms with Crippen molar-refractivity contribution in [2.45, 2.75) is 13.5 Å². The summed E-state index contributed by atoms with van der Waals surface area (Å²) in [6.45, 7) is 2.56. The number of hydrogen-bond acceptors (Lipinski definition) is 4. The van der Waals surface area contributed by atoms with Crippen LogP contribution in [-0.2, 0) is 6.54 Å². The van der Waals surface area contributed by atoms with E-state index in [1.54, 1.807) is 25.4 Å². The molecule has 0 radical (unpaired) electrons. The van der Waals surface area contributed by atoms with Crippen LogP contribution in [0.5, 0.6) is 0 Å². The van der Waals surface area contributed by atoms with Gasteiger partial charge in [-0.3, -0.25) is 15.0 Å². The molecule has 0 spiro atoms. The van der Waals surface area contributed by atoms with Crippen molar-refractivity contribution in [3.05, 3.63) is 78.0 Å². The van der Waals surface area contributed by atoms with Gasteiger partial charge in [0.05, 0.1) is 16.7 Å². The number of rotatable bonds is 4. The molecule has 4 nitrogen and oxygen atoms in total. The number of halogens is 1. The molecule has 2 aromatic heterocycles. The highest BCUT2D eigenvalue weighted by atomic mass is 19.1. The van der Waals surface area contributed by atoms with Crippen molar-refractivity contribution in [2.24, 2.45) is 0 Å². The second-order valence-corrected chi connectivity index (χ2v) is 7.20. The van der Waals surface area contributed by atoms with Gasteiger partial charge in [0.15, 0.2) is 0 Å². The van der Waals surface area contributed by atoms with E-state index in [9.17, 15) is 4.39 Å². The lowest BCUT2D eigenvalue weighted by molar-refractivity contribution is 0.402. The van der Waals surface area contributed by atoms with E-state index < -0.39 is 0 Å². The number of aromatic nitrogens is 3. The first kappa shape index (κ1) is 18.2. The van der Waals surface area contributed by atoms with Gasteiger partial charge in [-0.15, -0.1) is 0 Å². The summed E-state index contributed by atoms with van der Waals surface area (Å²) in [6.07, 6.45) is 5.27. The molecule has 140 valence electrons. The van der Waals surface area contributed by atoms with Crippen LogP contribution in [0.15, 0.2) is 61.1 Å². The monoisotopic (exact) mass is 372 g/mol. The molecule has 0 fully saturated rings. The van der Waals surface area contributed by atoms with E-state index in [-0.39, 0.29) is 5.82 Å². The molecule has 28 heavy (non-hydrogen) atoms. The van der Waals surface area contributed by atoms with Gasteiger partial charge in [-0.2, -0.15) is 0 Å². The van der Waals surface area contributed by atoms with E-state index >= 15 is 0 Å². The molecule has 4 aromatic rings. The predicted molar refractivity (Wildman–Crippen MR) is 110 cm³/mol. The third kappa shape index (κ3) is 3.62. The largest absolute Gasteiger partial charge is 0.305 e. The fourth-order valence-electron chi connectivity index (χ4n) is 3.33. The number of nitrogens with zero attached hydrogens (tertiary/aromatic N) is 4. The van der Waals surface area contributed by atoms with Crippen LogP contribution in [0.3, 0.4) is 0 Å². The molecule has 0 N–H and O–H groups in total. The van der Waals surface area contributed by atoms with Crippen LogP contribution in [-0.4, -0.2) is 33.9 Å². The Labute approximate surface area is 163 Å². The van der Waals surface area contributed by atoms with Gasteiger partial charge in [0.1, 0.15) is 5.82 Å². The average Bonchev–Trinajstić information content (AvgIpc) is 2.69. The summed E-state index contributed by atoms with van der Waals surface area (Å²) in [5, 5.41) is 0. The number of hydrogen-bond donors (Lipinski definition) is 0. The summed E-state index contributed by atoms with van der Waals surface area (Å²) < 4.78 is 13.8. The number of fused-ring (bicyclic) bond motifs is 1. The van der Waals surface area contributed by atoms with Crippen LogP contribution in [0.2, 0.25) is 0 Å². The lowest BCUT2D eigenvalue weighted by Gasteiger charge is -2.15. The third-order valence-electron chi connectivity index (χ3n) is 4.65. The van der Waals surface area contributed by atoms with Crippen molar-refractivity contribution in [1.82, 2.24) is 19.9 Å². The van der Waals surface area contributed by atoms with Gasteiger partial charge >= 0.3 is 0 Å². The van der Waals surface area contributed by atoms with E-state index in [1.807, 2.05) is 44.6 Å². The predicted octanol–water partition coefficient (Wildman–Crippen LogP) is 4.87. The third-order valence-corrected chi connectivity index (χ3v) is 4.65. The minimum atomic E-state index is -0.212. The molecule has 4 rings (SSSR count). The minimum Gasteiger partial charge on any atom is -0.305 e. The van der Waals surface area contributed by atoms with E-state index in [1.165, 1.54) is 6.07 Å². The molecule has 0 saturated heterocycles. The first-order chi connectivity index (χ1) is 13.5. The quantitative estimate of drug-likeness (QED) is 0.513. The molecule has 0 amide bonds. The van der Waals surface area contributed by atoms with E-state index in [4.69, 9.17) is 4.98 Å². The standard InChI is InChI=1S/C23H21FN4/c1-15-10-18(4-6-20(15)24)23-19(11-16(13-27-23)14-28(2)3)17-5-7-21-22(12-17)26-9-8-25-21/h4-13H,14H2,1-3H3. The topological polar surface area (TPSA) is 41.9 Å². The lowest BCUT2D eigenvalue weighted by Crippen LogP contribution is -2.11. The molecular weight excluding hydrogens is 351 g/mol. The van der Waals surface area contributed by atoms with Crippen LogP contribution in [0, 0.1) is 12.7 Å². The summed E-state index contributed by atoms with van der Waals surface area (Å²) >= 11 is 0. The maximum atomic E-state index is 13.8. The normalized spacial score (nSPS) is 11.3. The molecule has 0 saturated carbocycles. The van der Waals surface area contributed by atoms with Crippen molar-refractivity contribution >= 4 is 11.0 Å². The van der Waals surface area contributed by atoms with Crippen LogP contribution < -0.4 is 0 Å². The van der Waals surface area contributed by atoms with E-state index in [2.05, 4.69) is 20.9 Å². The van der Waals surface area contributed by atoms with Crippen molar-refractivity contribution in [3.63, 3.8) is 0 Å². The molecule has 0 bridgehead atoms. The molecule has 0 unspecified atom stereocenters. The Morgan fingerprint density at radius 1 is 0.857 bits per heavy atom. The molecule has 0 atom stereocenters. The van der Waals surface area contributed by atoms with Gasteiger partial charge in [0, 0.05) is 36.3 Å². The lowest BCUT2D eigenvalue weighted by atomic mass is 9.96. The molecule has 0 aliphatic carbocycles. The number of aryl methyl sites for hydroxylation is 1. The van der Waals surface area contributed by atoms with Gasteiger partial charge in [-0.1, -0.05) is 6.07 Å². The summed E-state index contributed by atoms with van der Waals surface area (Å²) in [5.74, 6) is -0.212. The maximum Gasteiger partial charge on any atom is 0.126 e. The smallest absolute Gasteiger partial charge is 0.126 e. The van der Waals surface area contributed by atoms with E-state index in [0.717, 1.165) is 45.5 Å². The zero-order valence-electron chi connectivity index (χ0n) is 16.1. The zero-order valence-corrected chi connectivity index (χ0v) is 16.1. The van der Waals surface area contributed by atoms with E-state index in [0.29, 0.717) is 5.56 Å². The Balaban J connectivity index is 1.91. The fraction of sp³-hybridized carbons (Fsp3) is 0.174. The van der Waals surface area contributed by atoms with Crippen molar-refractivity contribution in [3.8, 4) is 22.4 Å². The van der Waals surface area contributed by atoms with Crippen molar-refractivity contribution in [1.29, 1.82) is 0 Å². The highest BCUT2D eigenvalue weighted by Gasteiger charge is 2.13. The summed E-state index contributed by atoms with van der Waals surface area (Å²) in [7, 11) is 4.06. The molecule has 5 heteroatoms. The maximum absolute atomic E-state index is 13.8. The summed E-state index contributed by atoms with van der Waals surface area (Å²) in [5.41, 5.74) is 7.13. The van der Waals surface area contributed by atoms with Gasteiger partial charge < -0.3 is 4.90 Å². The SMILES string of the molecule is Cc1cc(-c2ncc(CN(C)C)cc2-c2ccc3nccnc3c2)ccc1F. The second-order valence-electron chi connectivity index (χ2n) is 7.20. The average molecular weight is 372 g/mol. The van der Waals surface area contributed by atoms with Gasteiger partial charge in [0.2, 0.25) is 0 Å². The minimum absolute atomic E-state index is 0.212. The highest BCUT2D eigenvalue weighted by Crippen LogP contribution is 2.33. The Morgan fingerprint density at radius 2 is 1.61 bits per heavy atom. The van der Waals surface area contributed by atoms with Gasteiger partial charge in [0.25, 0.3) is 0 Å². The Kier molecular flexibility index (Phi) is 4.84. The first-order valence-electron chi connectivity index (χ1n) is 9.12. The van der Waals surface area contributed by atoms with Crippen molar-refractivity contribution < 1.29 is 4.39 Å². The van der Waals surface area contributed by atoms with Crippen LogP contribution in [0.4, 0.5) is 4.39 Å². The molecule has 0 aliphatic rings. The number of pyridine rings is 1. The highest BCUT2D eigenvalue weighted by molar-refractivity contribution is 5.87. The molecule has 2 heterocycles. The van der Waals surface area contributed by atoms with Crippen LogP contribution >= 0.6 is 0 Å². The second kappa shape index (κ2) is 7.44. The van der Waals surface area contributed by atoms with Gasteiger partial charge in [-0.05, 0) is 74.1 Å². The Bertz CT molecular complexity index is 1150. The zero-order chi connectivity index (χ0) is 19.7.